The first kappa shape index (κ1) is 15.9. The van der Waals surface area contributed by atoms with Crippen LogP contribution in [0.4, 0.5) is 0 Å². The topological polar surface area (TPSA) is 51.4 Å². The second kappa shape index (κ2) is 7.02. The fourth-order valence-electron chi connectivity index (χ4n) is 2.30. The normalized spacial score (nSPS) is 14.1. The predicted molar refractivity (Wildman–Crippen MR) is 87.7 cm³/mol. The Morgan fingerprint density at radius 2 is 2.05 bits per heavy atom. The maximum absolute atomic E-state index is 6.06. The van der Waals surface area contributed by atoms with Crippen LogP contribution in [-0.2, 0) is 13.0 Å². The molecule has 0 aliphatic heterocycles. The number of methoxy groups -OCH3 is 1. The van der Waals surface area contributed by atoms with Crippen LogP contribution in [0.5, 0.6) is 5.75 Å². The lowest BCUT2D eigenvalue weighted by atomic mass is 9.91. The van der Waals surface area contributed by atoms with Crippen LogP contribution in [0.2, 0.25) is 0 Å². The Balaban J connectivity index is 2.08. The van der Waals surface area contributed by atoms with Crippen molar-refractivity contribution in [3.05, 3.63) is 46.4 Å². The van der Waals surface area contributed by atoms with Gasteiger partial charge in [-0.15, -0.1) is 11.3 Å². The molecule has 1 unspecified atom stereocenters. The molecule has 5 heteroatoms. The monoisotopic (exact) mass is 305 g/mol. The molecule has 1 heterocycles. The average Bonchev–Trinajstić information content (AvgIpc) is 3.00. The summed E-state index contributed by atoms with van der Waals surface area (Å²) >= 11 is 1.62. The van der Waals surface area contributed by atoms with Crippen LogP contribution in [-0.4, -0.2) is 36.1 Å². The zero-order valence-electron chi connectivity index (χ0n) is 12.9. The first-order valence-electron chi connectivity index (χ1n) is 6.99. The van der Waals surface area contributed by atoms with Crippen molar-refractivity contribution in [3.8, 4) is 5.75 Å². The van der Waals surface area contributed by atoms with Gasteiger partial charge in [-0.2, -0.15) is 0 Å². The highest BCUT2D eigenvalue weighted by Gasteiger charge is 2.28. The first-order valence-corrected chi connectivity index (χ1v) is 7.93. The van der Waals surface area contributed by atoms with Crippen LogP contribution in [0.15, 0.2) is 35.2 Å². The SMILES string of the molecule is COc1ccc(CC(C)(CN)N(C)Cc2cscn2)cc1. The quantitative estimate of drug-likeness (QED) is 0.854. The van der Waals surface area contributed by atoms with E-state index in [0.29, 0.717) is 6.54 Å². The number of rotatable bonds is 7. The number of nitrogens with two attached hydrogens (primary N) is 1. The lowest BCUT2D eigenvalue weighted by molar-refractivity contribution is 0.134. The van der Waals surface area contributed by atoms with Gasteiger partial charge in [0, 0.05) is 24.0 Å². The van der Waals surface area contributed by atoms with E-state index in [1.807, 2.05) is 17.6 Å². The molecule has 0 fully saturated rings. The minimum absolute atomic E-state index is 0.0990. The van der Waals surface area contributed by atoms with Gasteiger partial charge in [-0.1, -0.05) is 12.1 Å². The van der Waals surface area contributed by atoms with Crippen molar-refractivity contribution in [1.82, 2.24) is 9.88 Å². The molecule has 0 aliphatic rings. The summed E-state index contributed by atoms with van der Waals surface area (Å²) in [6.45, 7) is 3.61. The predicted octanol–water partition coefficient (Wildman–Crippen LogP) is 2.54. The zero-order chi connectivity index (χ0) is 15.3. The number of hydrogen-bond acceptors (Lipinski definition) is 5. The number of benzene rings is 1. The highest BCUT2D eigenvalue weighted by molar-refractivity contribution is 7.07. The zero-order valence-corrected chi connectivity index (χ0v) is 13.7. The van der Waals surface area contributed by atoms with Gasteiger partial charge in [-0.3, -0.25) is 4.90 Å². The number of thiazole rings is 1. The van der Waals surface area contributed by atoms with E-state index in [9.17, 15) is 0 Å². The smallest absolute Gasteiger partial charge is 0.118 e. The summed E-state index contributed by atoms with van der Waals surface area (Å²) in [4.78, 5) is 6.64. The first-order chi connectivity index (χ1) is 10.1. The minimum Gasteiger partial charge on any atom is -0.497 e. The standard InChI is InChI=1S/C16H23N3OS/c1-16(11-17,19(2)9-14-10-21-12-18-14)8-13-4-6-15(20-3)7-5-13/h4-7,10,12H,8-9,11,17H2,1-3H3. The Hall–Kier alpha value is -1.43. The van der Waals surface area contributed by atoms with E-state index in [2.05, 4.69) is 41.4 Å². The number of nitrogens with zero attached hydrogens (tertiary/aromatic N) is 2. The van der Waals surface area contributed by atoms with Crippen LogP contribution in [0.1, 0.15) is 18.2 Å². The second-order valence-corrected chi connectivity index (χ2v) is 6.28. The molecule has 0 saturated carbocycles. The van der Waals surface area contributed by atoms with E-state index in [0.717, 1.165) is 24.4 Å². The number of likely N-dealkylation sites (N-methyl/N-ethyl adjacent to an activating group) is 1. The maximum atomic E-state index is 6.06. The highest BCUT2D eigenvalue weighted by atomic mass is 32.1. The van der Waals surface area contributed by atoms with Gasteiger partial charge >= 0.3 is 0 Å². The highest BCUT2D eigenvalue weighted by Crippen LogP contribution is 2.22. The van der Waals surface area contributed by atoms with Gasteiger partial charge in [0.25, 0.3) is 0 Å². The van der Waals surface area contributed by atoms with Crippen molar-refractivity contribution < 1.29 is 4.74 Å². The maximum Gasteiger partial charge on any atom is 0.118 e. The van der Waals surface area contributed by atoms with Gasteiger partial charge < -0.3 is 10.5 Å². The van der Waals surface area contributed by atoms with Gasteiger partial charge in [-0.05, 0) is 38.1 Å². The van der Waals surface area contributed by atoms with E-state index >= 15 is 0 Å². The van der Waals surface area contributed by atoms with E-state index in [4.69, 9.17) is 10.5 Å². The fourth-order valence-corrected chi connectivity index (χ4v) is 2.85. The largest absolute Gasteiger partial charge is 0.497 e. The summed E-state index contributed by atoms with van der Waals surface area (Å²) in [5.74, 6) is 0.879. The number of aromatic nitrogens is 1. The van der Waals surface area contributed by atoms with Crippen molar-refractivity contribution >= 4 is 11.3 Å². The van der Waals surface area contributed by atoms with Gasteiger partial charge in [0.1, 0.15) is 5.75 Å². The van der Waals surface area contributed by atoms with Crippen molar-refractivity contribution in [3.63, 3.8) is 0 Å². The molecular formula is C16H23N3OS. The van der Waals surface area contributed by atoms with Crippen molar-refractivity contribution in [2.75, 3.05) is 20.7 Å². The molecule has 0 aliphatic carbocycles. The molecule has 1 aromatic carbocycles. The molecule has 2 rings (SSSR count). The summed E-state index contributed by atoms with van der Waals surface area (Å²) in [5, 5.41) is 2.08. The molecule has 0 saturated heterocycles. The van der Waals surface area contributed by atoms with Crippen molar-refractivity contribution in [1.29, 1.82) is 0 Å². The van der Waals surface area contributed by atoms with Crippen molar-refractivity contribution in [2.24, 2.45) is 5.73 Å². The lowest BCUT2D eigenvalue weighted by Gasteiger charge is -2.38. The van der Waals surface area contributed by atoms with E-state index < -0.39 is 0 Å². The summed E-state index contributed by atoms with van der Waals surface area (Å²) in [6.07, 6.45) is 0.897. The summed E-state index contributed by atoms with van der Waals surface area (Å²) in [5.41, 5.74) is 10.2. The molecule has 21 heavy (non-hydrogen) atoms. The molecule has 1 aromatic heterocycles. The van der Waals surface area contributed by atoms with Crippen molar-refractivity contribution in [2.45, 2.75) is 25.4 Å². The molecule has 0 bridgehead atoms. The third kappa shape index (κ3) is 4.03. The van der Waals surface area contributed by atoms with E-state index in [1.165, 1.54) is 5.56 Å². The molecule has 0 radical (unpaired) electrons. The van der Waals surface area contributed by atoms with Crippen LogP contribution in [0.3, 0.4) is 0 Å². The van der Waals surface area contributed by atoms with E-state index in [1.54, 1.807) is 18.4 Å². The Morgan fingerprint density at radius 3 is 2.57 bits per heavy atom. The molecule has 1 atom stereocenters. The molecule has 114 valence electrons. The van der Waals surface area contributed by atoms with Gasteiger partial charge in [0.2, 0.25) is 0 Å². The third-order valence-electron chi connectivity index (χ3n) is 3.99. The lowest BCUT2D eigenvalue weighted by Crippen LogP contribution is -2.51. The van der Waals surface area contributed by atoms with Crippen LogP contribution < -0.4 is 10.5 Å². The van der Waals surface area contributed by atoms with Crippen LogP contribution in [0.25, 0.3) is 0 Å². The third-order valence-corrected chi connectivity index (χ3v) is 4.62. The van der Waals surface area contributed by atoms with Crippen LogP contribution in [0, 0.1) is 0 Å². The Bertz CT molecular complexity index is 541. The summed E-state index contributed by atoms with van der Waals surface area (Å²) < 4.78 is 5.20. The molecule has 0 spiro atoms. The number of hydrogen-bond donors (Lipinski definition) is 1. The Labute approximate surface area is 130 Å². The van der Waals surface area contributed by atoms with Gasteiger partial charge in [0.15, 0.2) is 0 Å². The number of ether oxygens (including phenoxy) is 1. The molecular weight excluding hydrogens is 282 g/mol. The molecule has 0 amide bonds. The Morgan fingerprint density at radius 1 is 1.33 bits per heavy atom. The van der Waals surface area contributed by atoms with Gasteiger partial charge in [-0.25, -0.2) is 4.98 Å². The van der Waals surface area contributed by atoms with Gasteiger partial charge in [0.05, 0.1) is 18.3 Å². The summed E-state index contributed by atoms with van der Waals surface area (Å²) in [6, 6.07) is 8.19. The summed E-state index contributed by atoms with van der Waals surface area (Å²) in [7, 11) is 3.79. The minimum atomic E-state index is -0.0990. The second-order valence-electron chi connectivity index (χ2n) is 5.56. The van der Waals surface area contributed by atoms with Crippen LogP contribution >= 0.6 is 11.3 Å². The van der Waals surface area contributed by atoms with E-state index in [-0.39, 0.29) is 5.54 Å². The molecule has 2 aromatic rings. The fraction of sp³-hybridized carbons (Fsp3) is 0.438. The molecule has 4 nitrogen and oxygen atoms in total. The average molecular weight is 305 g/mol. The molecule has 2 N–H and O–H groups in total. The Kier molecular flexibility index (Phi) is 5.33.